The van der Waals surface area contributed by atoms with Gasteiger partial charge in [0.2, 0.25) is 5.91 Å². The molecule has 2 aromatic carbocycles. The fourth-order valence-electron chi connectivity index (χ4n) is 3.70. The molecule has 0 atom stereocenters. The fourth-order valence-corrected chi connectivity index (χ4v) is 3.70. The monoisotopic (exact) mass is 380 g/mol. The number of methoxy groups -OCH3 is 1. The molecule has 0 unspecified atom stereocenters. The highest BCUT2D eigenvalue weighted by Gasteiger charge is 2.23. The molecule has 148 valence electrons. The Bertz CT molecular complexity index is 792. The molecule has 5 nitrogen and oxygen atoms in total. The lowest BCUT2D eigenvalue weighted by Gasteiger charge is -2.32. The third-order valence-corrected chi connectivity index (χ3v) is 5.45. The summed E-state index contributed by atoms with van der Waals surface area (Å²) in [5.74, 6) is 1.19. The second kappa shape index (κ2) is 9.40. The van der Waals surface area contributed by atoms with Gasteiger partial charge in [-0.2, -0.15) is 0 Å². The van der Waals surface area contributed by atoms with Crippen LogP contribution in [0.25, 0.3) is 0 Å². The molecule has 1 aliphatic rings. The number of hydrogen-bond donors (Lipinski definition) is 1. The number of benzene rings is 2. The number of primary amides is 1. The van der Waals surface area contributed by atoms with Crippen molar-refractivity contribution in [2.24, 2.45) is 11.7 Å². The summed E-state index contributed by atoms with van der Waals surface area (Å²) >= 11 is 0. The highest BCUT2D eigenvalue weighted by molar-refractivity contribution is 5.94. The minimum atomic E-state index is -0.264. The van der Waals surface area contributed by atoms with Crippen LogP contribution in [0.1, 0.15) is 40.7 Å². The average Bonchev–Trinajstić information content (AvgIpc) is 2.73. The van der Waals surface area contributed by atoms with E-state index in [-0.39, 0.29) is 11.8 Å². The van der Waals surface area contributed by atoms with Crippen molar-refractivity contribution < 1.29 is 14.3 Å². The number of hydrogen-bond acceptors (Lipinski definition) is 3. The largest absolute Gasteiger partial charge is 0.497 e. The second-order valence-corrected chi connectivity index (χ2v) is 7.45. The van der Waals surface area contributed by atoms with Gasteiger partial charge in [0.15, 0.2) is 0 Å². The van der Waals surface area contributed by atoms with Crippen LogP contribution < -0.4 is 10.5 Å². The van der Waals surface area contributed by atoms with Gasteiger partial charge >= 0.3 is 0 Å². The molecule has 5 heteroatoms. The van der Waals surface area contributed by atoms with E-state index >= 15 is 0 Å². The maximum atomic E-state index is 12.7. The molecule has 28 heavy (non-hydrogen) atoms. The summed E-state index contributed by atoms with van der Waals surface area (Å²) in [4.78, 5) is 25.5. The quantitative estimate of drug-likeness (QED) is 0.802. The first-order chi connectivity index (χ1) is 13.5. The van der Waals surface area contributed by atoms with Crippen LogP contribution in [-0.2, 0) is 17.6 Å². The standard InChI is InChI=1S/C23H28N2O3/c1-28-21-9-7-20(8-10-21)23(27)25-14-12-19(13-15-25)16-18-4-2-17(3-5-18)6-11-22(24)26/h2-5,7-10,19H,6,11-16H2,1H3,(H2,24,26). The SMILES string of the molecule is COc1ccc(C(=O)N2CCC(Cc3ccc(CCC(N)=O)cc3)CC2)cc1. The van der Waals surface area contributed by atoms with Crippen LogP contribution in [0.15, 0.2) is 48.5 Å². The van der Waals surface area contributed by atoms with Crippen LogP contribution in [0.3, 0.4) is 0 Å². The van der Waals surface area contributed by atoms with Crippen molar-refractivity contribution in [1.29, 1.82) is 0 Å². The van der Waals surface area contributed by atoms with Crippen LogP contribution in [-0.4, -0.2) is 36.9 Å². The Morgan fingerprint density at radius 3 is 2.18 bits per heavy atom. The summed E-state index contributed by atoms with van der Waals surface area (Å²) in [5, 5.41) is 0. The first-order valence-electron chi connectivity index (χ1n) is 9.84. The Labute approximate surface area is 166 Å². The molecule has 2 aromatic rings. The molecule has 0 spiro atoms. The molecule has 2 N–H and O–H groups in total. The van der Waals surface area contributed by atoms with Gasteiger partial charge in [0.1, 0.15) is 5.75 Å². The van der Waals surface area contributed by atoms with Crippen molar-refractivity contribution in [3.63, 3.8) is 0 Å². The lowest BCUT2D eigenvalue weighted by atomic mass is 9.89. The van der Waals surface area contributed by atoms with Crippen LogP contribution >= 0.6 is 0 Å². The second-order valence-electron chi connectivity index (χ2n) is 7.45. The number of rotatable bonds is 7. The number of piperidine rings is 1. The van der Waals surface area contributed by atoms with Gasteiger partial charge in [0.25, 0.3) is 5.91 Å². The van der Waals surface area contributed by atoms with Gasteiger partial charge in [-0.15, -0.1) is 0 Å². The van der Waals surface area contributed by atoms with Gasteiger partial charge in [-0.05, 0) is 67.0 Å². The molecule has 0 aliphatic carbocycles. The van der Waals surface area contributed by atoms with Gasteiger partial charge in [-0.25, -0.2) is 0 Å². The maximum Gasteiger partial charge on any atom is 0.253 e. The third-order valence-electron chi connectivity index (χ3n) is 5.45. The molecule has 0 saturated carbocycles. The molecule has 1 fully saturated rings. The zero-order valence-electron chi connectivity index (χ0n) is 16.4. The van der Waals surface area contributed by atoms with Crippen LogP contribution in [0, 0.1) is 5.92 Å². The van der Waals surface area contributed by atoms with Crippen molar-refractivity contribution in [3.8, 4) is 5.75 Å². The van der Waals surface area contributed by atoms with Gasteiger partial charge in [0, 0.05) is 25.1 Å². The zero-order chi connectivity index (χ0) is 19.9. The summed E-state index contributed by atoms with van der Waals surface area (Å²) in [5.41, 5.74) is 8.37. The van der Waals surface area contributed by atoms with Crippen LogP contribution in [0.4, 0.5) is 0 Å². The van der Waals surface area contributed by atoms with Crippen molar-refractivity contribution >= 4 is 11.8 Å². The summed E-state index contributed by atoms with van der Waals surface area (Å²) < 4.78 is 5.15. The average molecular weight is 380 g/mol. The molecule has 2 amide bonds. The van der Waals surface area contributed by atoms with E-state index in [9.17, 15) is 9.59 Å². The Morgan fingerprint density at radius 2 is 1.61 bits per heavy atom. The molecular weight excluding hydrogens is 352 g/mol. The van der Waals surface area contributed by atoms with Crippen molar-refractivity contribution in [1.82, 2.24) is 4.90 Å². The predicted molar refractivity (Wildman–Crippen MR) is 109 cm³/mol. The zero-order valence-corrected chi connectivity index (χ0v) is 16.4. The third kappa shape index (κ3) is 5.35. The van der Waals surface area contributed by atoms with E-state index in [2.05, 4.69) is 24.3 Å². The summed E-state index contributed by atoms with van der Waals surface area (Å²) in [7, 11) is 1.62. The van der Waals surface area contributed by atoms with E-state index in [1.807, 2.05) is 29.2 Å². The summed E-state index contributed by atoms with van der Waals surface area (Å²) in [6, 6.07) is 15.8. The fraction of sp³-hybridized carbons (Fsp3) is 0.391. The van der Waals surface area contributed by atoms with E-state index in [1.165, 1.54) is 5.56 Å². The maximum absolute atomic E-state index is 12.7. The Kier molecular flexibility index (Phi) is 6.69. The number of carbonyl (C=O) groups excluding carboxylic acids is 2. The first kappa shape index (κ1) is 19.9. The number of nitrogens with two attached hydrogens (primary N) is 1. The lowest BCUT2D eigenvalue weighted by Crippen LogP contribution is -2.38. The van der Waals surface area contributed by atoms with E-state index in [1.54, 1.807) is 7.11 Å². The number of amides is 2. The van der Waals surface area contributed by atoms with Gasteiger partial charge in [0.05, 0.1) is 7.11 Å². The Morgan fingerprint density at radius 1 is 1.00 bits per heavy atom. The number of nitrogens with zero attached hydrogens (tertiary/aromatic N) is 1. The summed E-state index contributed by atoms with van der Waals surface area (Å²) in [6.07, 6.45) is 4.15. The van der Waals surface area contributed by atoms with Gasteiger partial charge in [-0.3, -0.25) is 9.59 Å². The predicted octanol–water partition coefficient (Wildman–Crippen LogP) is 3.21. The van der Waals surface area contributed by atoms with E-state index < -0.39 is 0 Å². The molecule has 1 aliphatic heterocycles. The molecule has 0 bridgehead atoms. The van der Waals surface area contributed by atoms with Gasteiger partial charge < -0.3 is 15.4 Å². The molecule has 1 saturated heterocycles. The van der Waals surface area contributed by atoms with Crippen molar-refractivity contribution in [2.75, 3.05) is 20.2 Å². The highest BCUT2D eigenvalue weighted by atomic mass is 16.5. The topological polar surface area (TPSA) is 72.6 Å². The minimum absolute atomic E-state index is 0.0971. The van der Waals surface area contributed by atoms with E-state index in [0.717, 1.165) is 43.7 Å². The molecule has 0 radical (unpaired) electrons. The molecule has 0 aromatic heterocycles. The normalized spacial score (nSPS) is 14.7. The number of likely N-dealkylation sites (tertiary alicyclic amines) is 1. The summed E-state index contributed by atoms with van der Waals surface area (Å²) in [6.45, 7) is 1.60. The first-order valence-corrected chi connectivity index (χ1v) is 9.84. The Balaban J connectivity index is 1.48. The van der Waals surface area contributed by atoms with Crippen molar-refractivity contribution in [3.05, 3.63) is 65.2 Å². The smallest absolute Gasteiger partial charge is 0.253 e. The van der Waals surface area contributed by atoms with Crippen LogP contribution in [0.2, 0.25) is 0 Å². The number of aryl methyl sites for hydroxylation is 1. The number of ether oxygens (including phenoxy) is 1. The van der Waals surface area contributed by atoms with Gasteiger partial charge in [-0.1, -0.05) is 24.3 Å². The van der Waals surface area contributed by atoms with Crippen LogP contribution in [0.5, 0.6) is 5.75 Å². The molecular formula is C23H28N2O3. The lowest BCUT2D eigenvalue weighted by molar-refractivity contribution is -0.117. The molecule has 3 rings (SSSR count). The van der Waals surface area contributed by atoms with E-state index in [0.29, 0.717) is 24.3 Å². The number of carbonyl (C=O) groups is 2. The minimum Gasteiger partial charge on any atom is -0.497 e. The van der Waals surface area contributed by atoms with E-state index in [4.69, 9.17) is 10.5 Å². The van der Waals surface area contributed by atoms with Crippen molar-refractivity contribution in [2.45, 2.75) is 32.1 Å². The highest BCUT2D eigenvalue weighted by Crippen LogP contribution is 2.24. The molecule has 1 heterocycles. The Hall–Kier alpha value is -2.82.